The van der Waals surface area contributed by atoms with Crippen LogP contribution in [0.4, 0.5) is 4.39 Å². The SMILES string of the molecule is [B]C([B])([B])Oc1ccc(C#N)c(F)c1-c1nccc(C(=O)O)n1. The molecule has 1 aromatic heterocycles. The third-order valence-corrected chi connectivity index (χ3v) is 2.61. The summed E-state index contributed by atoms with van der Waals surface area (Å²) in [5, 5.41) is 15.7. The minimum atomic E-state index is -2.13. The number of ether oxygens (including phenoxy) is 1. The molecule has 0 aliphatic rings. The first kappa shape index (κ1) is 16.6. The first-order valence-electron chi connectivity index (χ1n) is 6.08. The smallest absolute Gasteiger partial charge is 0.354 e. The quantitative estimate of drug-likeness (QED) is 0.819. The second-order valence-corrected chi connectivity index (χ2v) is 4.44. The highest BCUT2D eigenvalue weighted by atomic mass is 19.1. The zero-order chi connectivity index (χ0) is 17.2. The van der Waals surface area contributed by atoms with E-state index in [1.807, 2.05) is 0 Å². The summed E-state index contributed by atoms with van der Waals surface area (Å²) in [5.41, 5.74) is -1.08. The van der Waals surface area contributed by atoms with Crippen LogP contribution in [0.1, 0.15) is 16.1 Å². The van der Waals surface area contributed by atoms with Crippen molar-refractivity contribution in [3.05, 3.63) is 41.5 Å². The van der Waals surface area contributed by atoms with Gasteiger partial charge in [0.2, 0.25) is 0 Å². The Hall–Kier alpha value is -2.82. The monoisotopic (exact) mass is 303 g/mol. The van der Waals surface area contributed by atoms with Crippen LogP contribution in [0.5, 0.6) is 5.75 Å². The number of nitrogens with zero attached hydrogens (tertiary/aromatic N) is 3. The summed E-state index contributed by atoms with van der Waals surface area (Å²) in [6.45, 7) is 0. The molecule has 0 saturated heterocycles. The molecular formula is C13H5B3FN3O3. The molecule has 0 spiro atoms. The first-order chi connectivity index (χ1) is 10.7. The van der Waals surface area contributed by atoms with Gasteiger partial charge in [-0.3, -0.25) is 0 Å². The van der Waals surface area contributed by atoms with Gasteiger partial charge >= 0.3 is 5.97 Å². The van der Waals surface area contributed by atoms with Crippen LogP contribution < -0.4 is 4.74 Å². The summed E-state index contributed by atoms with van der Waals surface area (Å²) < 4.78 is 19.5. The van der Waals surface area contributed by atoms with E-state index in [4.69, 9.17) is 38.6 Å². The van der Waals surface area contributed by atoms with Crippen LogP contribution in [-0.4, -0.2) is 49.9 Å². The Balaban J connectivity index is 2.70. The van der Waals surface area contributed by atoms with Gasteiger partial charge in [0, 0.05) is 6.20 Å². The topological polar surface area (TPSA) is 96.1 Å². The van der Waals surface area contributed by atoms with Gasteiger partial charge in [-0.25, -0.2) is 19.2 Å². The molecule has 23 heavy (non-hydrogen) atoms. The van der Waals surface area contributed by atoms with Gasteiger partial charge in [-0.05, 0) is 23.5 Å². The molecule has 0 bridgehead atoms. The molecule has 1 heterocycles. The van der Waals surface area contributed by atoms with Crippen molar-refractivity contribution in [2.45, 2.75) is 5.30 Å². The van der Waals surface area contributed by atoms with Crippen molar-refractivity contribution in [2.75, 3.05) is 0 Å². The average Bonchev–Trinajstić information content (AvgIpc) is 2.46. The molecule has 106 valence electrons. The average molecular weight is 303 g/mol. The maximum Gasteiger partial charge on any atom is 0.354 e. The lowest BCUT2D eigenvalue weighted by Crippen LogP contribution is -2.37. The van der Waals surface area contributed by atoms with Gasteiger partial charge in [-0.2, -0.15) is 5.26 Å². The fourth-order valence-corrected chi connectivity index (χ4v) is 1.73. The van der Waals surface area contributed by atoms with Crippen LogP contribution in [0.2, 0.25) is 0 Å². The molecule has 0 saturated carbocycles. The second kappa shape index (κ2) is 6.12. The molecule has 0 aliphatic carbocycles. The van der Waals surface area contributed by atoms with Gasteiger partial charge in [0.1, 0.15) is 35.4 Å². The Bertz CT molecular complexity index is 818. The number of aromatic nitrogens is 2. The number of hydrogen-bond donors (Lipinski definition) is 1. The Labute approximate surface area is 134 Å². The van der Waals surface area contributed by atoms with Crippen LogP contribution in [0, 0.1) is 17.1 Å². The van der Waals surface area contributed by atoms with Crippen LogP contribution >= 0.6 is 0 Å². The van der Waals surface area contributed by atoms with Gasteiger partial charge in [0.25, 0.3) is 0 Å². The fraction of sp³-hybridized carbons (Fsp3) is 0.0769. The summed E-state index contributed by atoms with van der Waals surface area (Å²) in [5.74, 6) is -2.91. The minimum absolute atomic E-state index is 0.239. The molecule has 1 aromatic carbocycles. The highest BCUT2D eigenvalue weighted by Gasteiger charge is 2.22. The number of carbonyl (C=O) groups is 1. The molecule has 2 rings (SSSR count). The minimum Gasteiger partial charge on any atom is -0.515 e. The Morgan fingerprint density at radius 2 is 2.04 bits per heavy atom. The number of carboxylic acid groups (broad SMARTS) is 1. The fourth-order valence-electron chi connectivity index (χ4n) is 1.73. The molecule has 2 aromatic rings. The van der Waals surface area contributed by atoms with Crippen molar-refractivity contribution in [3.63, 3.8) is 0 Å². The van der Waals surface area contributed by atoms with E-state index in [2.05, 4.69) is 9.97 Å². The highest BCUT2D eigenvalue weighted by molar-refractivity contribution is 6.58. The van der Waals surface area contributed by atoms with E-state index < -0.39 is 17.1 Å². The van der Waals surface area contributed by atoms with Crippen molar-refractivity contribution in [3.8, 4) is 23.2 Å². The molecule has 6 radical (unpaired) electrons. The number of rotatable bonds is 4. The molecule has 1 N–H and O–H groups in total. The molecule has 0 fully saturated rings. The normalized spacial score (nSPS) is 10.8. The number of carboxylic acids is 1. The van der Waals surface area contributed by atoms with Crippen LogP contribution in [0.25, 0.3) is 11.4 Å². The van der Waals surface area contributed by atoms with Crippen molar-refractivity contribution in [2.24, 2.45) is 0 Å². The second-order valence-electron chi connectivity index (χ2n) is 4.44. The molecule has 0 unspecified atom stereocenters. The van der Waals surface area contributed by atoms with Crippen molar-refractivity contribution >= 4 is 29.5 Å². The van der Waals surface area contributed by atoms with E-state index in [1.54, 1.807) is 6.07 Å². The van der Waals surface area contributed by atoms with Gasteiger partial charge in [-0.1, -0.05) is 0 Å². The molecule has 0 amide bonds. The molecule has 0 atom stereocenters. The Morgan fingerprint density at radius 3 is 2.61 bits per heavy atom. The predicted molar refractivity (Wildman–Crippen MR) is 79.7 cm³/mol. The number of hydrogen-bond acceptors (Lipinski definition) is 5. The predicted octanol–water partition coefficient (Wildman–Crippen LogP) is 0.348. The third-order valence-electron chi connectivity index (χ3n) is 2.61. The molecule has 0 aliphatic heterocycles. The number of aromatic carboxylic acids is 1. The van der Waals surface area contributed by atoms with E-state index in [0.717, 1.165) is 18.3 Å². The first-order valence-corrected chi connectivity index (χ1v) is 6.08. The summed E-state index contributed by atoms with van der Waals surface area (Å²) in [4.78, 5) is 18.5. The van der Waals surface area contributed by atoms with E-state index in [0.29, 0.717) is 0 Å². The maximum absolute atomic E-state index is 14.5. The summed E-state index contributed by atoms with van der Waals surface area (Å²) in [6.07, 6.45) is 1.12. The van der Waals surface area contributed by atoms with Gasteiger partial charge in [-0.15, -0.1) is 0 Å². The van der Waals surface area contributed by atoms with E-state index in [9.17, 15) is 9.18 Å². The van der Waals surface area contributed by atoms with Gasteiger partial charge in [0.15, 0.2) is 17.3 Å². The third kappa shape index (κ3) is 3.69. The van der Waals surface area contributed by atoms with Gasteiger partial charge < -0.3 is 9.84 Å². The van der Waals surface area contributed by atoms with Crippen molar-refractivity contribution in [1.82, 2.24) is 9.97 Å². The highest BCUT2D eigenvalue weighted by Crippen LogP contribution is 2.33. The number of nitriles is 1. The van der Waals surface area contributed by atoms with Crippen LogP contribution in [0.15, 0.2) is 24.4 Å². The maximum atomic E-state index is 14.5. The molecule has 6 nitrogen and oxygen atoms in total. The zero-order valence-electron chi connectivity index (χ0n) is 11.5. The van der Waals surface area contributed by atoms with Crippen molar-refractivity contribution < 1.29 is 19.0 Å². The Kier molecular flexibility index (Phi) is 4.41. The van der Waals surface area contributed by atoms with E-state index in [1.165, 1.54) is 6.07 Å². The largest absolute Gasteiger partial charge is 0.515 e. The van der Waals surface area contributed by atoms with Crippen molar-refractivity contribution in [1.29, 1.82) is 5.26 Å². The molecule has 10 heteroatoms. The lowest BCUT2D eigenvalue weighted by Gasteiger charge is -2.25. The van der Waals surface area contributed by atoms with Crippen LogP contribution in [0.3, 0.4) is 0 Å². The zero-order valence-corrected chi connectivity index (χ0v) is 11.5. The van der Waals surface area contributed by atoms with E-state index >= 15 is 0 Å². The summed E-state index contributed by atoms with van der Waals surface area (Å²) in [6, 6.07) is 5.09. The number of benzene rings is 1. The summed E-state index contributed by atoms with van der Waals surface area (Å²) in [7, 11) is 16.0. The Morgan fingerprint density at radius 1 is 1.35 bits per heavy atom. The van der Waals surface area contributed by atoms with Gasteiger partial charge in [0.05, 0.1) is 11.1 Å². The van der Waals surface area contributed by atoms with Crippen LogP contribution in [-0.2, 0) is 0 Å². The van der Waals surface area contributed by atoms with E-state index in [-0.39, 0.29) is 28.4 Å². The summed E-state index contributed by atoms with van der Waals surface area (Å²) >= 11 is 0. The standard InChI is InChI=1S/C13H5B3FN3O3/c14-13(15,16)23-8-2-1-6(5-18)10(17)9(8)11-19-4-3-7(20-11)12(21)22/h1-4H,(H,21,22). The molecular weight excluding hydrogens is 298 g/mol. The number of halogens is 1. The lowest BCUT2D eigenvalue weighted by molar-refractivity contribution is 0.0690. The lowest BCUT2D eigenvalue weighted by atomic mass is 9.52.